The van der Waals surface area contributed by atoms with Gasteiger partial charge in [-0.3, -0.25) is 4.90 Å². The Labute approximate surface area is 131 Å². The van der Waals surface area contributed by atoms with Gasteiger partial charge >= 0.3 is 0 Å². The van der Waals surface area contributed by atoms with Crippen molar-refractivity contribution in [2.45, 2.75) is 18.9 Å². The Kier molecular flexibility index (Phi) is 6.40. The monoisotopic (exact) mass is 300 g/mol. The van der Waals surface area contributed by atoms with Crippen molar-refractivity contribution in [2.24, 2.45) is 0 Å². The van der Waals surface area contributed by atoms with Gasteiger partial charge in [-0.25, -0.2) is 0 Å². The fraction of sp³-hybridized carbons (Fsp3) is 0.278. The SMILES string of the molecule is [CH2]C(O)N(Cc1ccccc1)CC(O)COc1ccccc1. The van der Waals surface area contributed by atoms with E-state index in [1.807, 2.05) is 60.7 Å². The molecule has 1 radical (unpaired) electrons. The molecule has 117 valence electrons. The fourth-order valence-corrected chi connectivity index (χ4v) is 2.14. The van der Waals surface area contributed by atoms with E-state index in [4.69, 9.17) is 4.74 Å². The maximum atomic E-state index is 10.1. The van der Waals surface area contributed by atoms with Gasteiger partial charge in [0, 0.05) is 13.1 Å². The van der Waals surface area contributed by atoms with Crippen molar-refractivity contribution >= 4 is 0 Å². The topological polar surface area (TPSA) is 52.9 Å². The molecule has 0 bridgehead atoms. The molecule has 0 aromatic heterocycles. The summed E-state index contributed by atoms with van der Waals surface area (Å²) in [5.41, 5.74) is 1.06. The Bertz CT molecular complexity index is 531. The van der Waals surface area contributed by atoms with Crippen LogP contribution in [0.2, 0.25) is 0 Å². The number of aliphatic hydroxyl groups is 2. The molecule has 0 saturated heterocycles. The van der Waals surface area contributed by atoms with E-state index in [1.54, 1.807) is 4.90 Å². The number of benzene rings is 2. The second-order valence-electron chi connectivity index (χ2n) is 5.17. The van der Waals surface area contributed by atoms with Crippen molar-refractivity contribution in [3.8, 4) is 5.75 Å². The van der Waals surface area contributed by atoms with Crippen LogP contribution in [-0.4, -0.2) is 40.6 Å². The number of ether oxygens (including phenoxy) is 1. The first-order valence-electron chi connectivity index (χ1n) is 7.30. The van der Waals surface area contributed by atoms with Crippen molar-refractivity contribution < 1.29 is 14.9 Å². The minimum Gasteiger partial charge on any atom is -0.491 e. The molecule has 0 spiro atoms. The lowest BCUT2D eigenvalue weighted by atomic mass is 10.2. The smallest absolute Gasteiger partial charge is 0.119 e. The fourth-order valence-electron chi connectivity index (χ4n) is 2.14. The molecule has 4 nitrogen and oxygen atoms in total. The van der Waals surface area contributed by atoms with Gasteiger partial charge in [-0.05, 0) is 24.6 Å². The zero-order chi connectivity index (χ0) is 15.8. The van der Waals surface area contributed by atoms with E-state index >= 15 is 0 Å². The highest BCUT2D eigenvalue weighted by atomic mass is 16.5. The molecule has 2 aromatic carbocycles. The minimum atomic E-state index is -0.883. The van der Waals surface area contributed by atoms with Gasteiger partial charge in [-0.2, -0.15) is 0 Å². The normalized spacial score (nSPS) is 13.8. The van der Waals surface area contributed by atoms with Gasteiger partial charge in [0.2, 0.25) is 0 Å². The number of hydrogen-bond acceptors (Lipinski definition) is 4. The Hall–Kier alpha value is -1.88. The third-order valence-electron chi connectivity index (χ3n) is 3.28. The Balaban J connectivity index is 1.85. The molecule has 0 aliphatic heterocycles. The van der Waals surface area contributed by atoms with E-state index in [2.05, 4.69) is 6.92 Å². The first kappa shape index (κ1) is 16.5. The molecule has 0 aliphatic carbocycles. The van der Waals surface area contributed by atoms with Gasteiger partial charge in [0.25, 0.3) is 0 Å². The number of para-hydroxylation sites is 1. The van der Waals surface area contributed by atoms with E-state index in [0.29, 0.717) is 12.3 Å². The highest BCUT2D eigenvalue weighted by Gasteiger charge is 2.17. The van der Waals surface area contributed by atoms with Crippen LogP contribution in [0.15, 0.2) is 60.7 Å². The van der Waals surface area contributed by atoms with Crippen molar-refractivity contribution in [1.82, 2.24) is 4.90 Å². The van der Waals surface area contributed by atoms with Crippen LogP contribution < -0.4 is 4.74 Å². The number of nitrogens with zero attached hydrogens (tertiary/aromatic N) is 1. The number of hydrogen-bond donors (Lipinski definition) is 2. The molecule has 0 fully saturated rings. The van der Waals surface area contributed by atoms with Crippen molar-refractivity contribution in [1.29, 1.82) is 0 Å². The van der Waals surface area contributed by atoms with Crippen LogP contribution in [0, 0.1) is 6.92 Å². The summed E-state index contributed by atoms with van der Waals surface area (Å²) in [6, 6.07) is 19.1. The van der Waals surface area contributed by atoms with Crippen LogP contribution in [0.5, 0.6) is 5.75 Å². The average Bonchev–Trinajstić information content (AvgIpc) is 2.54. The molecule has 2 atom stereocenters. The second kappa shape index (κ2) is 8.54. The molecule has 2 unspecified atom stereocenters. The maximum Gasteiger partial charge on any atom is 0.119 e. The molecule has 4 heteroatoms. The summed E-state index contributed by atoms with van der Waals surface area (Å²) in [5.74, 6) is 0.714. The third-order valence-corrected chi connectivity index (χ3v) is 3.28. The summed E-state index contributed by atoms with van der Waals surface area (Å²) < 4.78 is 5.52. The first-order valence-corrected chi connectivity index (χ1v) is 7.30. The van der Waals surface area contributed by atoms with E-state index < -0.39 is 12.3 Å². The molecule has 2 aromatic rings. The molecular formula is C18H22NO3. The summed E-state index contributed by atoms with van der Waals surface area (Å²) in [7, 11) is 0. The Morgan fingerprint density at radius 1 is 0.955 bits per heavy atom. The highest BCUT2D eigenvalue weighted by Crippen LogP contribution is 2.11. The van der Waals surface area contributed by atoms with Crippen LogP contribution in [0.25, 0.3) is 0 Å². The van der Waals surface area contributed by atoms with E-state index in [0.717, 1.165) is 5.56 Å². The summed E-state index contributed by atoms with van der Waals surface area (Å²) in [4.78, 5) is 1.70. The van der Waals surface area contributed by atoms with Gasteiger partial charge in [-0.15, -0.1) is 0 Å². The van der Waals surface area contributed by atoms with Crippen LogP contribution in [0.1, 0.15) is 5.56 Å². The predicted molar refractivity (Wildman–Crippen MR) is 86.2 cm³/mol. The van der Waals surface area contributed by atoms with Gasteiger partial charge in [0.15, 0.2) is 0 Å². The minimum absolute atomic E-state index is 0.169. The lowest BCUT2D eigenvalue weighted by Crippen LogP contribution is -2.40. The van der Waals surface area contributed by atoms with E-state index in [-0.39, 0.29) is 13.2 Å². The lowest BCUT2D eigenvalue weighted by molar-refractivity contribution is -0.0115. The van der Waals surface area contributed by atoms with E-state index in [9.17, 15) is 10.2 Å². The third kappa shape index (κ3) is 5.48. The van der Waals surface area contributed by atoms with Gasteiger partial charge in [0.05, 0.1) is 0 Å². The first-order chi connectivity index (χ1) is 10.6. The van der Waals surface area contributed by atoms with Crippen LogP contribution >= 0.6 is 0 Å². The quantitative estimate of drug-likeness (QED) is 0.733. The molecular weight excluding hydrogens is 278 g/mol. The van der Waals surface area contributed by atoms with Crippen LogP contribution in [0.4, 0.5) is 0 Å². The number of aliphatic hydroxyl groups excluding tert-OH is 2. The van der Waals surface area contributed by atoms with E-state index in [1.165, 1.54) is 0 Å². The van der Waals surface area contributed by atoms with Crippen LogP contribution in [0.3, 0.4) is 0 Å². The zero-order valence-electron chi connectivity index (χ0n) is 12.5. The second-order valence-corrected chi connectivity index (χ2v) is 5.17. The summed E-state index contributed by atoms with van der Waals surface area (Å²) in [6.07, 6.45) is -1.59. The largest absolute Gasteiger partial charge is 0.491 e. The highest BCUT2D eigenvalue weighted by molar-refractivity contribution is 5.21. The van der Waals surface area contributed by atoms with Crippen molar-refractivity contribution in [2.75, 3.05) is 13.2 Å². The predicted octanol–water partition coefficient (Wildman–Crippen LogP) is 2.08. The van der Waals surface area contributed by atoms with Crippen LogP contribution in [-0.2, 0) is 6.54 Å². The van der Waals surface area contributed by atoms with Gasteiger partial charge in [0.1, 0.15) is 24.7 Å². The lowest BCUT2D eigenvalue weighted by Gasteiger charge is -2.27. The molecule has 0 saturated carbocycles. The molecule has 2 N–H and O–H groups in total. The molecule has 2 rings (SSSR count). The molecule has 0 aliphatic rings. The molecule has 0 heterocycles. The van der Waals surface area contributed by atoms with Gasteiger partial charge < -0.3 is 14.9 Å². The van der Waals surface area contributed by atoms with Crippen molar-refractivity contribution in [3.05, 3.63) is 73.2 Å². The summed E-state index contributed by atoms with van der Waals surface area (Å²) in [6.45, 7) is 4.61. The van der Waals surface area contributed by atoms with Crippen molar-refractivity contribution in [3.63, 3.8) is 0 Å². The Morgan fingerprint density at radius 3 is 2.14 bits per heavy atom. The summed E-state index contributed by atoms with van der Waals surface area (Å²) >= 11 is 0. The molecule has 0 amide bonds. The maximum absolute atomic E-state index is 10.1. The average molecular weight is 300 g/mol. The standard InChI is InChI=1S/C18H22NO3/c1-15(20)19(12-16-8-4-2-5-9-16)13-17(21)14-22-18-10-6-3-7-11-18/h2-11,15,17,20-21H,1,12-14H2. The number of rotatable bonds is 8. The summed E-state index contributed by atoms with van der Waals surface area (Å²) in [5, 5.41) is 19.9. The Morgan fingerprint density at radius 2 is 1.55 bits per heavy atom. The van der Waals surface area contributed by atoms with Gasteiger partial charge in [-0.1, -0.05) is 48.5 Å². The molecule has 22 heavy (non-hydrogen) atoms. The zero-order valence-corrected chi connectivity index (χ0v) is 12.5.